The van der Waals surface area contributed by atoms with Gasteiger partial charge in [-0.25, -0.2) is 0 Å². The number of thiophene rings is 1. The van der Waals surface area contributed by atoms with E-state index in [2.05, 4.69) is 6.07 Å². The second-order valence-corrected chi connectivity index (χ2v) is 4.99. The van der Waals surface area contributed by atoms with E-state index in [9.17, 15) is 4.79 Å². The standard InChI is InChI=1S/C12H14N2OS/c1-9-5-7-16-11(9)12(15)14-6-3-2-4-10(14)8-13/h5,7,10H,2-4,6H2,1H3. The van der Waals surface area contributed by atoms with Crippen LogP contribution in [0.15, 0.2) is 11.4 Å². The largest absolute Gasteiger partial charge is 0.322 e. The molecule has 1 fully saturated rings. The van der Waals surface area contributed by atoms with Gasteiger partial charge in [0.1, 0.15) is 6.04 Å². The topological polar surface area (TPSA) is 44.1 Å². The minimum absolute atomic E-state index is 0.0266. The highest BCUT2D eigenvalue weighted by Gasteiger charge is 2.28. The molecule has 84 valence electrons. The molecule has 2 heterocycles. The smallest absolute Gasteiger partial charge is 0.265 e. The van der Waals surface area contributed by atoms with Crippen molar-refractivity contribution < 1.29 is 4.79 Å². The molecular formula is C12H14N2OS. The molecule has 1 aliphatic rings. The van der Waals surface area contributed by atoms with Gasteiger partial charge in [0.2, 0.25) is 0 Å². The molecule has 0 spiro atoms. The summed E-state index contributed by atoms with van der Waals surface area (Å²) in [4.78, 5) is 14.7. The molecule has 1 unspecified atom stereocenters. The summed E-state index contributed by atoms with van der Waals surface area (Å²) >= 11 is 1.46. The van der Waals surface area contributed by atoms with Crippen molar-refractivity contribution in [3.8, 4) is 6.07 Å². The van der Waals surface area contributed by atoms with E-state index in [1.165, 1.54) is 11.3 Å². The number of nitriles is 1. The van der Waals surface area contributed by atoms with Crippen molar-refractivity contribution in [2.45, 2.75) is 32.2 Å². The molecule has 4 heteroatoms. The maximum absolute atomic E-state index is 12.2. The van der Waals surface area contributed by atoms with Crippen LogP contribution in [0.1, 0.15) is 34.5 Å². The van der Waals surface area contributed by atoms with E-state index in [4.69, 9.17) is 5.26 Å². The van der Waals surface area contributed by atoms with Crippen molar-refractivity contribution in [2.24, 2.45) is 0 Å². The summed E-state index contributed by atoms with van der Waals surface area (Å²) in [6.07, 6.45) is 2.87. The predicted molar refractivity (Wildman–Crippen MR) is 63.3 cm³/mol. The van der Waals surface area contributed by atoms with Crippen LogP contribution in [0.4, 0.5) is 0 Å². The van der Waals surface area contributed by atoms with Crippen molar-refractivity contribution in [2.75, 3.05) is 6.54 Å². The van der Waals surface area contributed by atoms with Gasteiger partial charge in [0.05, 0.1) is 10.9 Å². The fraction of sp³-hybridized carbons (Fsp3) is 0.500. The number of piperidine rings is 1. The van der Waals surface area contributed by atoms with Crippen LogP contribution in [0.25, 0.3) is 0 Å². The lowest BCUT2D eigenvalue weighted by Crippen LogP contribution is -2.42. The second kappa shape index (κ2) is 4.67. The average Bonchev–Trinajstić information content (AvgIpc) is 2.74. The Hall–Kier alpha value is -1.34. The lowest BCUT2D eigenvalue weighted by Gasteiger charge is -2.31. The van der Waals surface area contributed by atoms with Crippen LogP contribution >= 0.6 is 11.3 Å². The highest BCUT2D eigenvalue weighted by molar-refractivity contribution is 7.12. The average molecular weight is 234 g/mol. The summed E-state index contributed by atoms with van der Waals surface area (Å²) in [5.74, 6) is 0.0266. The highest BCUT2D eigenvalue weighted by atomic mass is 32.1. The number of nitrogens with zero attached hydrogens (tertiary/aromatic N) is 2. The molecule has 3 nitrogen and oxygen atoms in total. The third kappa shape index (κ3) is 1.96. The lowest BCUT2D eigenvalue weighted by molar-refractivity contribution is 0.0675. The molecule has 1 atom stereocenters. The minimum atomic E-state index is -0.234. The van der Waals surface area contributed by atoms with Crippen LogP contribution in [-0.4, -0.2) is 23.4 Å². The Bertz CT molecular complexity index is 432. The zero-order valence-electron chi connectivity index (χ0n) is 9.27. The molecule has 0 bridgehead atoms. The van der Waals surface area contributed by atoms with Crippen LogP contribution in [0.5, 0.6) is 0 Å². The van der Waals surface area contributed by atoms with Crippen LogP contribution in [0.3, 0.4) is 0 Å². The first-order valence-electron chi connectivity index (χ1n) is 5.48. The number of aryl methyl sites for hydroxylation is 1. The summed E-state index contributed by atoms with van der Waals surface area (Å²) in [6, 6.07) is 3.94. The normalized spacial score (nSPS) is 20.5. The van der Waals surface area contributed by atoms with E-state index in [-0.39, 0.29) is 11.9 Å². The molecule has 1 aromatic heterocycles. The van der Waals surface area contributed by atoms with Crippen LogP contribution in [0, 0.1) is 18.3 Å². The van der Waals surface area contributed by atoms with Crippen molar-refractivity contribution in [1.82, 2.24) is 4.90 Å². The molecule has 1 amide bonds. The molecule has 0 saturated carbocycles. The zero-order valence-corrected chi connectivity index (χ0v) is 10.1. The highest BCUT2D eigenvalue weighted by Crippen LogP contribution is 2.23. The predicted octanol–water partition coefficient (Wildman–Crippen LogP) is 2.57. The Labute approximate surface area is 99.3 Å². The second-order valence-electron chi connectivity index (χ2n) is 4.07. The van der Waals surface area contributed by atoms with Crippen LogP contribution in [0.2, 0.25) is 0 Å². The van der Waals surface area contributed by atoms with Crippen molar-refractivity contribution in [3.05, 3.63) is 21.9 Å². The fourth-order valence-corrected chi connectivity index (χ4v) is 2.91. The molecule has 0 aromatic carbocycles. The van der Waals surface area contributed by atoms with Gasteiger partial charge in [-0.3, -0.25) is 4.79 Å². The number of hydrogen-bond donors (Lipinski definition) is 0. The monoisotopic (exact) mass is 234 g/mol. The summed E-state index contributed by atoms with van der Waals surface area (Å²) in [6.45, 7) is 2.66. The van der Waals surface area contributed by atoms with Gasteiger partial charge in [0.25, 0.3) is 5.91 Å². The van der Waals surface area contributed by atoms with Gasteiger partial charge in [-0.15, -0.1) is 11.3 Å². The fourth-order valence-electron chi connectivity index (χ4n) is 2.03. The molecular weight excluding hydrogens is 220 g/mol. The molecule has 0 N–H and O–H groups in total. The maximum atomic E-state index is 12.2. The number of carbonyl (C=O) groups is 1. The lowest BCUT2D eigenvalue weighted by atomic mass is 10.0. The molecule has 1 aromatic rings. The number of amides is 1. The van der Waals surface area contributed by atoms with Crippen LogP contribution in [-0.2, 0) is 0 Å². The quantitative estimate of drug-likeness (QED) is 0.749. The summed E-state index contributed by atoms with van der Waals surface area (Å²) in [7, 11) is 0. The van der Waals surface area contributed by atoms with E-state index >= 15 is 0 Å². The van der Waals surface area contributed by atoms with Gasteiger partial charge >= 0.3 is 0 Å². The molecule has 16 heavy (non-hydrogen) atoms. The first-order valence-corrected chi connectivity index (χ1v) is 6.36. The zero-order chi connectivity index (χ0) is 11.5. The Morgan fingerprint density at radius 1 is 1.62 bits per heavy atom. The van der Waals surface area contributed by atoms with E-state index in [0.717, 1.165) is 29.7 Å². The Morgan fingerprint density at radius 3 is 3.06 bits per heavy atom. The van der Waals surface area contributed by atoms with E-state index in [1.807, 2.05) is 18.4 Å². The Balaban J connectivity index is 2.21. The van der Waals surface area contributed by atoms with Crippen molar-refractivity contribution in [1.29, 1.82) is 5.26 Å². The van der Waals surface area contributed by atoms with Gasteiger partial charge in [-0.2, -0.15) is 5.26 Å². The third-order valence-electron chi connectivity index (χ3n) is 2.97. The first kappa shape index (κ1) is 11.2. The molecule has 0 aliphatic carbocycles. The van der Waals surface area contributed by atoms with E-state index < -0.39 is 0 Å². The van der Waals surface area contributed by atoms with Gasteiger partial charge < -0.3 is 4.90 Å². The maximum Gasteiger partial charge on any atom is 0.265 e. The number of likely N-dealkylation sites (tertiary alicyclic amines) is 1. The van der Waals surface area contributed by atoms with Gasteiger partial charge in [0.15, 0.2) is 0 Å². The number of hydrogen-bond acceptors (Lipinski definition) is 3. The molecule has 0 radical (unpaired) electrons. The number of rotatable bonds is 1. The molecule has 1 saturated heterocycles. The van der Waals surface area contributed by atoms with Crippen molar-refractivity contribution in [3.63, 3.8) is 0 Å². The summed E-state index contributed by atoms with van der Waals surface area (Å²) < 4.78 is 0. The SMILES string of the molecule is Cc1ccsc1C(=O)N1CCCCC1C#N. The first-order chi connectivity index (χ1) is 7.74. The molecule has 1 aliphatic heterocycles. The third-order valence-corrected chi connectivity index (χ3v) is 3.97. The van der Waals surface area contributed by atoms with Gasteiger partial charge in [0, 0.05) is 6.54 Å². The summed E-state index contributed by atoms with van der Waals surface area (Å²) in [5.41, 5.74) is 1.01. The number of carbonyl (C=O) groups excluding carboxylic acids is 1. The Kier molecular flexibility index (Phi) is 3.25. The summed E-state index contributed by atoms with van der Waals surface area (Å²) in [5, 5.41) is 11.0. The minimum Gasteiger partial charge on any atom is -0.322 e. The molecule has 2 rings (SSSR count). The Morgan fingerprint density at radius 2 is 2.44 bits per heavy atom. The van der Waals surface area contributed by atoms with Gasteiger partial charge in [-0.05, 0) is 43.2 Å². The van der Waals surface area contributed by atoms with Gasteiger partial charge in [-0.1, -0.05) is 0 Å². The van der Waals surface area contributed by atoms with Crippen LogP contribution < -0.4 is 0 Å². The van der Waals surface area contributed by atoms with Crippen molar-refractivity contribution >= 4 is 17.2 Å². The van der Waals surface area contributed by atoms with E-state index in [1.54, 1.807) is 4.90 Å². The van der Waals surface area contributed by atoms with E-state index in [0.29, 0.717) is 6.54 Å².